The van der Waals surface area contributed by atoms with Crippen LogP contribution in [0.25, 0.3) is 0 Å². The van der Waals surface area contributed by atoms with Crippen molar-refractivity contribution < 1.29 is 18.0 Å². The topological polar surface area (TPSA) is 48.5 Å². The van der Waals surface area contributed by atoms with Crippen LogP contribution in [-0.4, -0.2) is 66.0 Å². The summed E-state index contributed by atoms with van der Waals surface area (Å²) in [4.78, 5) is 20.1. The molecule has 2 saturated heterocycles. The lowest BCUT2D eigenvalue weighted by Crippen LogP contribution is -2.49. The second-order valence-corrected chi connectivity index (χ2v) is 5.91. The second kappa shape index (κ2) is 6.45. The van der Waals surface area contributed by atoms with Gasteiger partial charge in [-0.25, -0.2) is 0 Å². The number of nitrogens with one attached hydrogen (secondary N) is 1. The first-order valence-corrected chi connectivity index (χ1v) is 7.72. The zero-order valence-corrected chi connectivity index (χ0v) is 12.6. The van der Waals surface area contributed by atoms with E-state index < -0.39 is 11.7 Å². The quantitative estimate of drug-likeness (QED) is 0.887. The Balaban J connectivity index is 1.62. The smallest absolute Gasteiger partial charge is 0.336 e. The highest BCUT2D eigenvalue weighted by molar-refractivity contribution is 5.92. The summed E-state index contributed by atoms with van der Waals surface area (Å²) in [5.41, 5.74) is -0.770. The summed E-state index contributed by atoms with van der Waals surface area (Å²) in [6.07, 6.45) is -2.82. The lowest BCUT2D eigenvalue weighted by atomic mass is 10.2. The summed E-state index contributed by atoms with van der Waals surface area (Å²) in [6, 6.07) is 2.39. The molecule has 23 heavy (non-hydrogen) atoms. The molecule has 126 valence electrons. The van der Waals surface area contributed by atoms with Gasteiger partial charge in [0.15, 0.2) is 0 Å². The summed E-state index contributed by atoms with van der Waals surface area (Å²) in [7, 11) is 0. The highest BCUT2D eigenvalue weighted by Gasteiger charge is 2.33. The highest BCUT2D eigenvalue weighted by Crippen LogP contribution is 2.28. The Hall–Kier alpha value is -1.67. The van der Waals surface area contributed by atoms with Crippen LogP contribution in [-0.2, 0) is 6.18 Å². The maximum atomic E-state index is 12.5. The molecule has 1 N–H and O–H groups in total. The molecule has 2 aliphatic rings. The van der Waals surface area contributed by atoms with E-state index in [1.165, 1.54) is 0 Å². The van der Waals surface area contributed by atoms with Gasteiger partial charge >= 0.3 is 6.18 Å². The Bertz CT molecular complexity index is 555. The molecule has 0 saturated carbocycles. The molecule has 0 aliphatic carbocycles. The van der Waals surface area contributed by atoms with Crippen molar-refractivity contribution in [3.05, 3.63) is 29.6 Å². The number of aromatic nitrogens is 1. The second-order valence-electron chi connectivity index (χ2n) is 5.91. The highest BCUT2D eigenvalue weighted by atomic mass is 19.4. The zero-order valence-electron chi connectivity index (χ0n) is 12.6. The van der Waals surface area contributed by atoms with E-state index >= 15 is 0 Å². The minimum absolute atomic E-state index is 0.0685. The maximum Gasteiger partial charge on any atom is 0.417 e. The van der Waals surface area contributed by atoms with Crippen LogP contribution in [0.15, 0.2) is 18.3 Å². The normalized spacial score (nSPS) is 23.3. The van der Waals surface area contributed by atoms with Gasteiger partial charge < -0.3 is 10.2 Å². The SMILES string of the molecule is O=C(c1ccc(C(F)(F)F)cn1)N1CCC(N2CCNCC2)C1. The van der Waals surface area contributed by atoms with Crippen LogP contribution in [0.3, 0.4) is 0 Å². The van der Waals surface area contributed by atoms with Crippen molar-refractivity contribution in [2.24, 2.45) is 0 Å². The molecular formula is C15H19F3N4O. The molecule has 8 heteroatoms. The Morgan fingerprint density at radius 2 is 1.96 bits per heavy atom. The van der Waals surface area contributed by atoms with Crippen molar-refractivity contribution in [3.8, 4) is 0 Å². The van der Waals surface area contributed by atoms with Crippen molar-refractivity contribution in [3.63, 3.8) is 0 Å². The molecule has 2 aliphatic heterocycles. The van der Waals surface area contributed by atoms with Crippen molar-refractivity contribution in [2.75, 3.05) is 39.3 Å². The molecule has 1 atom stereocenters. The summed E-state index contributed by atoms with van der Waals surface area (Å²) >= 11 is 0. The summed E-state index contributed by atoms with van der Waals surface area (Å²) in [5, 5.41) is 3.29. The van der Waals surface area contributed by atoms with E-state index in [0.717, 1.165) is 50.9 Å². The predicted octanol–water partition coefficient (Wildman–Crippen LogP) is 1.22. The predicted molar refractivity (Wildman–Crippen MR) is 78.0 cm³/mol. The largest absolute Gasteiger partial charge is 0.417 e. The van der Waals surface area contributed by atoms with E-state index in [1.54, 1.807) is 4.90 Å². The standard InChI is InChI=1S/C15H19F3N4O/c16-15(17,18)11-1-2-13(20-9-11)14(23)22-6-3-12(10-22)21-7-4-19-5-8-21/h1-2,9,12,19H,3-8,10H2. The number of carbonyl (C=O) groups is 1. The third-order valence-corrected chi connectivity index (χ3v) is 4.43. The number of piperazine rings is 1. The number of halogens is 3. The number of nitrogens with zero attached hydrogens (tertiary/aromatic N) is 3. The molecular weight excluding hydrogens is 309 g/mol. The van der Waals surface area contributed by atoms with Gasteiger partial charge in [-0.2, -0.15) is 13.2 Å². The number of carbonyl (C=O) groups excluding carboxylic acids is 1. The molecule has 1 aromatic rings. The fraction of sp³-hybridized carbons (Fsp3) is 0.600. The molecule has 1 amide bonds. The Morgan fingerprint density at radius 3 is 2.57 bits per heavy atom. The molecule has 3 heterocycles. The molecule has 0 aromatic carbocycles. The Kier molecular flexibility index (Phi) is 4.54. The van der Waals surface area contributed by atoms with Gasteiger partial charge in [0.2, 0.25) is 0 Å². The van der Waals surface area contributed by atoms with Gasteiger partial charge in [0.1, 0.15) is 5.69 Å². The van der Waals surface area contributed by atoms with Crippen LogP contribution < -0.4 is 5.32 Å². The van der Waals surface area contributed by atoms with Crippen LogP contribution in [0, 0.1) is 0 Å². The number of rotatable bonds is 2. The number of hydrogen-bond acceptors (Lipinski definition) is 4. The Labute approximate surface area is 132 Å². The van der Waals surface area contributed by atoms with E-state index in [2.05, 4.69) is 15.2 Å². The minimum atomic E-state index is -4.43. The van der Waals surface area contributed by atoms with Crippen LogP contribution in [0.5, 0.6) is 0 Å². The lowest BCUT2D eigenvalue weighted by molar-refractivity contribution is -0.137. The van der Waals surface area contributed by atoms with Gasteiger partial charge in [0, 0.05) is 51.5 Å². The van der Waals surface area contributed by atoms with Crippen LogP contribution in [0.1, 0.15) is 22.5 Å². The van der Waals surface area contributed by atoms with Crippen LogP contribution >= 0.6 is 0 Å². The van der Waals surface area contributed by atoms with Gasteiger partial charge in [-0.1, -0.05) is 0 Å². The van der Waals surface area contributed by atoms with Gasteiger partial charge in [0.25, 0.3) is 5.91 Å². The van der Waals surface area contributed by atoms with Crippen molar-refractivity contribution in [1.29, 1.82) is 0 Å². The number of alkyl halides is 3. The van der Waals surface area contributed by atoms with Crippen molar-refractivity contribution in [1.82, 2.24) is 20.1 Å². The van der Waals surface area contributed by atoms with E-state index in [9.17, 15) is 18.0 Å². The number of likely N-dealkylation sites (tertiary alicyclic amines) is 1. The number of amides is 1. The minimum Gasteiger partial charge on any atom is -0.336 e. The molecule has 1 unspecified atom stereocenters. The van der Waals surface area contributed by atoms with E-state index in [4.69, 9.17) is 0 Å². The summed E-state index contributed by atoms with van der Waals surface area (Å²) in [5.74, 6) is -0.295. The first-order chi connectivity index (χ1) is 10.9. The van der Waals surface area contributed by atoms with E-state index in [-0.39, 0.29) is 11.6 Å². The van der Waals surface area contributed by atoms with Gasteiger partial charge in [-0.05, 0) is 18.6 Å². The molecule has 0 spiro atoms. The number of pyridine rings is 1. The summed E-state index contributed by atoms with van der Waals surface area (Å²) in [6.45, 7) is 5.06. The van der Waals surface area contributed by atoms with Gasteiger partial charge in [-0.3, -0.25) is 14.7 Å². The van der Waals surface area contributed by atoms with E-state index in [0.29, 0.717) is 19.1 Å². The first kappa shape index (κ1) is 16.2. The fourth-order valence-corrected chi connectivity index (χ4v) is 3.12. The molecule has 5 nitrogen and oxygen atoms in total. The molecule has 1 aromatic heterocycles. The van der Waals surface area contributed by atoms with E-state index in [1.807, 2.05) is 0 Å². The molecule has 2 fully saturated rings. The van der Waals surface area contributed by atoms with Crippen molar-refractivity contribution in [2.45, 2.75) is 18.6 Å². The summed E-state index contributed by atoms with van der Waals surface area (Å²) < 4.78 is 37.6. The molecule has 0 radical (unpaired) electrons. The van der Waals surface area contributed by atoms with Crippen LogP contribution in [0.2, 0.25) is 0 Å². The molecule has 3 rings (SSSR count). The van der Waals surface area contributed by atoms with Gasteiger partial charge in [0.05, 0.1) is 5.56 Å². The number of hydrogen-bond donors (Lipinski definition) is 1. The average Bonchev–Trinajstić information content (AvgIpc) is 3.04. The average molecular weight is 328 g/mol. The fourth-order valence-electron chi connectivity index (χ4n) is 3.12. The third kappa shape index (κ3) is 3.64. The Morgan fingerprint density at radius 1 is 1.22 bits per heavy atom. The zero-order chi connectivity index (χ0) is 16.4. The molecule has 0 bridgehead atoms. The monoisotopic (exact) mass is 328 g/mol. The third-order valence-electron chi connectivity index (χ3n) is 4.43. The van der Waals surface area contributed by atoms with Crippen LogP contribution in [0.4, 0.5) is 13.2 Å². The lowest BCUT2D eigenvalue weighted by Gasteiger charge is -2.32. The maximum absolute atomic E-state index is 12.5. The van der Waals surface area contributed by atoms with Crippen molar-refractivity contribution >= 4 is 5.91 Å². The first-order valence-electron chi connectivity index (χ1n) is 7.72. The van der Waals surface area contributed by atoms with Gasteiger partial charge in [-0.15, -0.1) is 0 Å².